The van der Waals surface area contributed by atoms with E-state index in [1.165, 1.54) is 12.1 Å². The van der Waals surface area contributed by atoms with Crippen molar-refractivity contribution < 1.29 is 9.18 Å². The van der Waals surface area contributed by atoms with Crippen LogP contribution in [0.15, 0.2) is 22.7 Å². The number of halogens is 2. The van der Waals surface area contributed by atoms with Crippen LogP contribution in [0.4, 0.5) is 10.1 Å². The number of anilines is 1. The Labute approximate surface area is 112 Å². The van der Waals surface area contributed by atoms with Gasteiger partial charge in [-0.3, -0.25) is 4.79 Å². The van der Waals surface area contributed by atoms with Crippen molar-refractivity contribution in [1.82, 2.24) is 0 Å². The maximum absolute atomic E-state index is 13.4. The molecule has 0 aliphatic rings. The van der Waals surface area contributed by atoms with Crippen LogP contribution < -0.4 is 11.1 Å². The zero-order valence-corrected chi connectivity index (χ0v) is 11.8. The maximum Gasteiger partial charge on any atom is 0.241 e. The molecule has 0 spiro atoms. The molecule has 1 aromatic rings. The Hall–Kier alpha value is -0.590. The fourth-order valence-corrected chi connectivity index (χ4v) is 2.01. The molecule has 0 aliphatic heterocycles. The SMILES string of the molecule is CSCC[C@H](N)C(=O)Nc1ccc(Br)cc1F. The minimum Gasteiger partial charge on any atom is -0.322 e. The summed E-state index contributed by atoms with van der Waals surface area (Å²) in [6.07, 6.45) is 2.52. The average molecular weight is 321 g/mol. The molecule has 0 unspecified atom stereocenters. The van der Waals surface area contributed by atoms with Gasteiger partial charge in [0.05, 0.1) is 11.7 Å². The van der Waals surface area contributed by atoms with Crippen LogP contribution in [-0.2, 0) is 4.79 Å². The summed E-state index contributed by atoms with van der Waals surface area (Å²) in [4.78, 5) is 11.6. The number of amides is 1. The first-order valence-electron chi connectivity index (χ1n) is 5.05. The molecule has 3 nitrogen and oxygen atoms in total. The summed E-state index contributed by atoms with van der Waals surface area (Å²) < 4.78 is 14.1. The van der Waals surface area contributed by atoms with Gasteiger partial charge in [-0.05, 0) is 36.6 Å². The Morgan fingerprint density at radius 2 is 2.35 bits per heavy atom. The zero-order chi connectivity index (χ0) is 12.8. The molecule has 1 aromatic carbocycles. The van der Waals surface area contributed by atoms with Gasteiger partial charge < -0.3 is 11.1 Å². The third-order valence-corrected chi connectivity index (χ3v) is 3.30. The average Bonchev–Trinajstić information content (AvgIpc) is 2.29. The van der Waals surface area contributed by atoms with Gasteiger partial charge in [-0.1, -0.05) is 15.9 Å². The highest BCUT2D eigenvalue weighted by atomic mass is 79.9. The van der Waals surface area contributed by atoms with Gasteiger partial charge in [-0.15, -0.1) is 0 Å². The number of carbonyl (C=O) groups excluding carboxylic acids is 1. The Morgan fingerprint density at radius 3 is 2.94 bits per heavy atom. The molecule has 17 heavy (non-hydrogen) atoms. The van der Waals surface area contributed by atoms with Gasteiger partial charge in [-0.25, -0.2) is 4.39 Å². The number of nitrogens with two attached hydrogens (primary N) is 1. The molecule has 1 rings (SSSR count). The Kier molecular flexibility index (Phi) is 5.94. The molecule has 3 N–H and O–H groups in total. The number of nitrogens with one attached hydrogen (secondary N) is 1. The van der Waals surface area contributed by atoms with Crippen LogP contribution >= 0.6 is 27.7 Å². The van der Waals surface area contributed by atoms with E-state index in [-0.39, 0.29) is 11.6 Å². The largest absolute Gasteiger partial charge is 0.322 e. The fourth-order valence-electron chi connectivity index (χ4n) is 1.19. The summed E-state index contributed by atoms with van der Waals surface area (Å²) in [5.41, 5.74) is 5.82. The predicted octanol–water partition coefficient (Wildman–Crippen LogP) is 2.61. The van der Waals surface area contributed by atoms with Crippen LogP contribution in [0.1, 0.15) is 6.42 Å². The number of hydrogen-bond acceptors (Lipinski definition) is 3. The second kappa shape index (κ2) is 6.98. The fraction of sp³-hybridized carbons (Fsp3) is 0.364. The van der Waals surface area contributed by atoms with Gasteiger partial charge in [0.2, 0.25) is 5.91 Å². The summed E-state index contributed by atoms with van der Waals surface area (Å²) >= 11 is 4.76. The zero-order valence-electron chi connectivity index (χ0n) is 9.37. The molecule has 0 aromatic heterocycles. The maximum atomic E-state index is 13.4. The van der Waals surface area contributed by atoms with Crippen molar-refractivity contribution in [3.05, 3.63) is 28.5 Å². The van der Waals surface area contributed by atoms with Gasteiger partial charge in [-0.2, -0.15) is 11.8 Å². The molecular weight excluding hydrogens is 307 g/mol. The van der Waals surface area contributed by atoms with Gasteiger partial charge in [0, 0.05) is 4.47 Å². The third-order valence-electron chi connectivity index (χ3n) is 2.16. The Morgan fingerprint density at radius 1 is 1.65 bits per heavy atom. The predicted molar refractivity (Wildman–Crippen MR) is 73.7 cm³/mol. The first-order chi connectivity index (χ1) is 8.04. The van der Waals surface area contributed by atoms with Crippen molar-refractivity contribution in [3.8, 4) is 0 Å². The van der Waals surface area contributed by atoms with E-state index in [1.807, 2.05) is 6.26 Å². The molecule has 1 atom stereocenters. The lowest BCUT2D eigenvalue weighted by Crippen LogP contribution is -2.36. The molecule has 6 heteroatoms. The van der Waals surface area contributed by atoms with E-state index in [1.54, 1.807) is 17.8 Å². The van der Waals surface area contributed by atoms with Gasteiger partial charge >= 0.3 is 0 Å². The molecule has 0 aliphatic carbocycles. The third kappa shape index (κ3) is 4.65. The summed E-state index contributed by atoms with van der Waals surface area (Å²) in [7, 11) is 0. The van der Waals surface area contributed by atoms with E-state index in [9.17, 15) is 9.18 Å². The van der Waals surface area contributed by atoms with Crippen LogP contribution in [-0.4, -0.2) is 24.0 Å². The number of hydrogen-bond donors (Lipinski definition) is 2. The lowest BCUT2D eigenvalue weighted by atomic mass is 10.2. The number of benzene rings is 1. The quantitative estimate of drug-likeness (QED) is 0.876. The smallest absolute Gasteiger partial charge is 0.241 e. The Bertz CT molecular complexity index is 403. The molecule has 0 saturated carbocycles. The monoisotopic (exact) mass is 320 g/mol. The van der Waals surface area contributed by atoms with E-state index in [0.717, 1.165) is 5.75 Å². The lowest BCUT2D eigenvalue weighted by molar-refractivity contribution is -0.117. The van der Waals surface area contributed by atoms with Crippen LogP contribution in [0, 0.1) is 5.82 Å². The topological polar surface area (TPSA) is 55.1 Å². The van der Waals surface area contributed by atoms with Crippen molar-refractivity contribution in [2.45, 2.75) is 12.5 Å². The second-order valence-corrected chi connectivity index (χ2v) is 5.40. The van der Waals surface area contributed by atoms with Gasteiger partial charge in [0.1, 0.15) is 5.82 Å². The van der Waals surface area contributed by atoms with Crippen molar-refractivity contribution in [2.75, 3.05) is 17.3 Å². The van der Waals surface area contributed by atoms with E-state index >= 15 is 0 Å². The van der Waals surface area contributed by atoms with E-state index in [4.69, 9.17) is 5.73 Å². The summed E-state index contributed by atoms with van der Waals surface area (Å²) in [5.74, 6) is -0.0396. The first kappa shape index (κ1) is 14.5. The second-order valence-electron chi connectivity index (χ2n) is 3.50. The summed E-state index contributed by atoms with van der Waals surface area (Å²) in [5, 5.41) is 2.48. The summed E-state index contributed by atoms with van der Waals surface area (Å²) in [6, 6.07) is 3.85. The number of thioether (sulfide) groups is 1. The van der Waals surface area contributed by atoms with E-state index < -0.39 is 11.9 Å². The van der Waals surface area contributed by atoms with Crippen LogP contribution in [0.5, 0.6) is 0 Å². The highest BCUT2D eigenvalue weighted by Gasteiger charge is 2.14. The highest BCUT2D eigenvalue weighted by Crippen LogP contribution is 2.19. The van der Waals surface area contributed by atoms with Gasteiger partial charge in [0.25, 0.3) is 0 Å². The molecule has 0 radical (unpaired) electrons. The Balaban J connectivity index is 2.61. The molecule has 0 heterocycles. The molecule has 0 fully saturated rings. The minimum atomic E-state index is -0.606. The van der Waals surface area contributed by atoms with Crippen LogP contribution in [0.2, 0.25) is 0 Å². The molecule has 0 saturated heterocycles. The van der Waals surface area contributed by atoms with Crippen LogP contribution in [0.25, 0.3) is 0 Å². The number of rotatable bonds is 5. The normalized spacial score (nSPS) is 12.2. The minimum absolute atomic E-state index is 0.151. The van der Waals surface area contributed by atoms with Crippen molar-refractivity contribution in [3.63, 3.8) is 0 Å². The number of carbonyl (C=O) groups is 1. The van der Waals surface area contributed by atoms with Gasteiger partial charge in [0.15, 0.2) is 0 Å². The first-order valence-corrected chi connectivity index (χ1v) is 7.23. The highest BCUT2D eigenvalue weighted by molar-refractivity contribution is 9.10. The van der Waals surface area contributed by atoms with Crippen molar-refractivity contribution >= 4 is 39.3 Å². The standard InChI is InChI=1S/C11H14BrFN2OS/c1-17-5-4-9(14)11(16)15-10-3-2-7(12)6-8(10)13/h2-3,6,9H,4-5,14H2,1H3,(H,15,16)/t9-/m0/s1. The van der Waals surface area contributed by atoms with Crippen molar-refractivity contribution in [2.24, 2.45) is 5.73 Å². The molecule has 1 amide bonds. The summed E-state index contributed by atoms with van der Waals surface area (Å²) in [6.45, 7) is 0. The van der Waals surface area contributed by atoms with Crippen molar-refractivity contribution in [1.29, 1.82) is 0 Å². The van der Waals surface area contributed by atoms with Crippen LogP contribution in [0.3, 0.4) is 0 Å². The molecule has 0 bridgehead atoms. The van der Waals surface area contributed by atoms with E-state index in [2.05, 4.69) is 21.2 Å². The van der Waals surface area contributed by atoms with E-state index in [0.29, 0.717) is 10.9 Å². The molecule has 94 valence electrons. The lowest BCUT2D eigenvalue weighted by Gasteiger charge is -2.12. The molecular formula is C11H14BrFN2OS.